The van der Waals surface area contributed by atoms with Gasteiger partial charge >= 0.3 is 0 Å². The van der Waals surface area contributed by atoms with Crippen molar-refractivity contribution in [3.8, 4) is 122 Å². The Kier molecular flexibility index (Phi) is 18.1. The lowest BCUT2D eigenvalue weighted by Gasteiger charge is -2.30. The van der Waals surface area contributed by atoms with Crippen LogP contribution in [0.25, 0.3) is 186 Å². The highest BCUT2D eigenvalue weighted by molar-refractivity contribution is 7.26. The van der Waals surface area contributed by atoms with Gasteiger partial charge < -0.3 is 14.2 Å². The first kappa shape index (κ1) is 71.1. The molecule has 0 amide bonds. The Hall–Kier alpha value is -15.5. The number of nitrogens with zero attached hydrogens (tertiary/aromatic N) is 2. The largest absolute Gasteiger partial charge is 0.456 e. The molecule has 0 N–H and O–H groups in total. The molecule has 120 heavy (non-hydrogen) atoms. The lowest BCUT2D eigenvalue weighted by Crippen LogP contribution is -2.12. The Bertz CT molecular complexity index is 7620. The molecule has 0 saturated heterocycles. The minimum Gasteiger partial charge on any atom is -0.456 e. The molecule has 22 rings (SSSR count). The third-order valence-corrected chi connectivity index (χ3v) is 25.1. The maximum absolute atomic E-state index is 6.93. The van der Waals surface area contributed by atoms with E-state index in [4.69, 9.17) is 4.42 Å². The Morgan fingerprint density at radius 2 is 0.517 bits per heavy atom. The van der Waals surface area contributed by atoms with Crippen LogP contribution in [0.4, 0.5) is 34.1 Å². The van der Waals surface area contributed by atoms with Crippen molar-refractivity contribution in [1.82, 2.24) is 0 Å². The summed E-state index contributed by atoms with van der Waals surface area (Å²) in [4.78, 5) is 4.91. The normalized spacial score (nSPS) is 11.5. The van der Waals surface area contributed by atoms with E-state index < -0.39 is 0 Å². The van der Waals surface area contributed by atoms with E-state index in [9.17, 15) is 0 Å². The second-order valence-electron chi connectivity index (χ2n) is 31.0. The van der Waals surface area contributed by atoms with Gasteiger partial charge in [-0.25, -0.2) is 0 Å². The standard InChI is InChI=1S/C116H76N2OS/c1-5-26-82(27-6-1)98-37-15-17-40-106(98)114-100(84-30-9-3-10-31-84)42-23-46-109(114)117(94-63-55-78(56-64-94)87-52-49-77-25-13-14-34-86(77)71-87)95-65-59-80(60-66-95)90-61-69-103-104-70-62-91(76-112(104)119-111(103)75-90)89-54-51-81-50-53-88(72-93(81)73-89)79-57-67-96(68-58-79)118(97-36-21-35-92(74-97)102-44-22-45-108-105-39-19-20-48-113(105)120-116(102)108)110-47-24-43-101(85-32-11-4-12-33-85)115(110)107-41-18-16-38-99(107)83-28-7-2-8-29-83/h1-76H. The summed E-state index contributed by atoms with van der Waals surface area (Å²) in [6.07, 6.45) is 0. The van der Waals surface area contributed by atoms with Gasteiger partial charge in [0, 0.05) is 64.8 Å². The summed E-state index contributed by atoms with van der Waals surface area (Å²) >= 11 is 1.87. The number of benzene rings is 20. The van der Waals surface area contributed by atoms with Crippen molar-refractivity contribution in [1.29, 1.82) is 0 Å². The fraction of sp³-hybridized carbons (Fsp3) is 0. The zero-order valence-electron chi connectivity index (χ0n) is 65.6. The third kappa shape index (κ3) is 13.2. The van der Waals surface area contributed by atoms with Gasteiger partial charge in [-0.1, -0.05) is 352 Å². The zero-order valence-corrected chi connectivity index (χ0v) is 66.4. The van der Waals surface area contributed by atoms with Crippen molar-refractivity contribution in [2.75, 3.05) is 9.80 Å². The van der Waals surface area contributed by atoms with Crippen LogP contribution in [0.1, 0.15) is 0 Å². The molecule has 2 aromatic heterocycles. The van der Waals surface area contributed by atoms with E-state index in [1.807, 2.05) is 11.3 Å². The number of fused-ring (bicyclic) bond motifs is 8. The maximum atomic E-state index is 6.93. The quantitative estimate of drug-likeness (QED) is 0.0906. The van der Waals surface area contributed by atoms with Gasteiger partial charge in [-0.15, -0.1) is 11.3 Å². The van der Waals surface area contributed by atoms with Gasteiger partial charge in [0.25, 0.3) is 0 Å². The third-order valence-electron chi connectivity index (χ3n) is 23.9. The van der Waals surface area contributed by atoms with Gasteiger partial charge in [0.1, 0.15) is 11.2 Å². The first-order chi connectivity index (χ1) is 59.5. The van der Waals surface area contributed by atoms with Crippen molar-refractivity contribution in [2.45, 2.75) is 0 Å². The smallest absolute Gasteiger partial charge is 0.136 e. The van der Waals surface area contributed by atoms with E-state index in [1.54, 1.807) is 0 Å². The number of rotatable bonds is 17. The Labute approximate surface area is 701 Å². The Balaban J connectivity index is 0.596. The summed E-state index contributed by atoms with van der Waals surface area (Å²) in [5.74, 6) is 0. The molecule has 0 aliphatic carbocycles. The summed E-state index contributed by atoms with van der Waals surface area (Å²) in [7, 11) is 0. The molecule has 0 atom stereocenters. The number of hydrogen-bond acceptors (Lipinski definition) is 4. The van der Waals surface area contributed by atoms with E-state index in [0.29, 0.717) is 0 Å². The minimum absolute atomic E-state index is 0.845. The molecule has 0 saturated carbocycles. The number of thiophene rings is 1. The average molecular weight is 1550 g/mol. The highest BCUT2D eigenvalue weighted by Crippen LogP contribution is 2.53. The molecule has 4 heteroatoms. The molecule has 0 aliphatic rings. The van der Waals surface area contributed by atoms with E-state index in [1.165, 1.54) is 64.1 Å². The highest BCUT2D eigenvalue weighted by Gasteiger charge is 2.27. The summed E-state index contributed by atoms with van der Waals surface area (Å²) in [5, 5.41) is 9.53. The molecular formula is C116H76N2OS. The molecule has 0 bridgehead atoms. The predicted molar refractivity (Wildman–Crippen MR) is 511 cm³/mol. The summed E-state index contributed by atoms with van der Waals surface area (Å²) < 4.78 is 9.51. The number of hydrogen-bond donors (Lipinski definition) is 0. The molecule has 2 heterocycles. The molecule has 20 aromatic carbocycles. The zero-order chi connectivity index (χ0) is 79.4. The first-order valence-corrected chi connectivity index (χ1v) is 41.9. The van der Waals surface area contributed by atoms with Crippen LogP contribution in [-0.2, 0) is 0 Å². The van der Waals surface area contributed by atoms with Crippen LogP contribution in [0.15, 0.2) is 465 Å². The molecule has 0 unspecified atom stereocenters. The van der Waals surface area contributed by atoms with E-state index in [-0.39, 0.29) is 0 Å². The predicted octanol–water partition coefficient (Wildman–Crippen LogP) is 33.5. The molecule has 0 aliphatic heterocycles. The van der Waals surface area contributed by atoms with Crippen LogP contribution in [0.3, 0.4) is 0 Å². The monoisotopic (exact) mass is 1540 g/mol. The molecule has 0 radical (unpaired) electrons. The lowest BCUT2D eigenvalue weighted by molar-refractivity contribution is 0.669. The van der Waals surface area contributed by atoms with Gasteiger partial charge in [0.05, 0.1) is 11.4 Å². The van der Waals surface area contributed by atoms with Crippen molar-refractivity contribution in [3.05, 3.63) is 461 Å². The molecule has 0 spiro atoms. The van der Waals surface area contributed by atoms with Crippen LogP contribution < -0.4 is 9.80 Å². The van der Waals surface area contributed by atoms with Gasteiger partial charge in [0.15, 0.2) is 0 Å². The van der Waals surface area contributed by atoms with Gasteiger partial charge in [-0.2, -0.15) is 0 Å². The molecule has 22 aromatic rings. The van der Waals surface area contributed by atoms with Crippen LogP contribution in [0, 0.1) is 0 Å². The molecule has 3 nitrogen and oxygen atoms in total. The van der Waals surface area contributed by atoms with Gasteiger partial charge in [-0.3, -0.25) is 0 Å². The second kappa shape index (κ2) is 30.6. The topological polar surface area (TPSA) is 19.6 Å². The first-order valence-electron chi connectivity index (χ1n) is 41.1. The van der Waals surface area contributed by atoms with Crippen molar-refractivity contribution in [2.24, 2.45) is 0 Å². The van der Waals surface area contributed by atoms with E-state index in [2.05, 4.69) is 471 Å². The van der Waals surface area contributed by atoms with Crippen molar-refractivity contribution >= 4 is 109 Å². The average Bonchev–Trinajstić information content (AvgIpc) is 1.22. The minimum atomic E-state index is 0.845. The van der Waals surface area contributed by atoms with Crippen LogP contribution in [0.2, 0.25) is 0 Å². The van der Waals surface area contributed by atoms with Gasteiger partial charge in [0.2, 0.25) is 0 Å². The fourth-order valence-electron chi connectivity index (χ4n) is 18.0. The number of furan rings is 1. The SMILES string of the molecule is c1ccc(-c2ccccc2-c2c(-c3ccccc3)cccc2N(c2ccc(-c3ccc4ccccc4c3)cc2)c2ccc(-c3ccc4c(c3)oc3cc(-c5ccc6ccc(-c7ccc(N(c8cccc(-c9cccc%10c9sc9ccccc9%10)c8)c8cccc(-c9ccccc9)c8-c8ccccc8-c8ccccc8)cc7)cc6c5)ccc34)cc2)cc1. The summed E-state index contributed by atoms with van der Waals surface area (Å²) in [5.41, 5.74) is 33.3. The second-order valence-corrected chi connectivity index (χ2v) is 32.0. The van der Waals surface area contributed by atoms with Gasteiger partial charge in [-0.05, 0) is 242 Å². The van der Waals surface area contributed by atoms with E-state index in [0.717, 1.165) is 156 Å². The molecule has 0 fully saturated rings. The Morgan fingerprint density at radius 3 is 1.03 bits per heavy atom. The van der Waals surface area contributed by atoms with Crippen LogP contribution >= 0.6 is 11.3 Å². The van der Waals surface area contributed by atoms with E-state index >= 15 is 0 Å². The van der Waals surface area contributed by atoms with Crippen LogP contribution in [-0.4, -0.2) is 0 Å². The fourth-order valence-corrected chi connectivity index (χ4v) is 19.3. The van der Waals surface area contributed by atoms with Crippen molar-refractivity contribution < 1.29 is 4.42 Å². The molecule has 562 valence electrons. The molecular weight excluding hydrogens is 1470 g/mol. The summed E-state index contributed by atoms with van der Waals surface area (Å²) in [6.45, 7) is 0. The number of anilines is 6. The maximum Gasteiger partial charge on any atom is 0.136 e. The Morgan fingerprint density at radius 1 is 0.175 bits per heavy atom. The summed E-state index contributed by atoms with van der Waals surface area (Å²) in [6, 6.07) is 169. The van der Waals surface area contributed by atoms with Crippen molar-refractivity contribution in [3.63, 3.8) is 0 Å². The van der Waals surface area contributed by atoms with Crippen LogP contribution in [0.5, 0.6) is 0 Å². The highest BCUT2D eigenvalue weighted by atomic mass is 32.1. The lowest BCUT2D eigenvalue weighted by atomic mass is 9.87.